The number of carbonyl (C=O) groups is 2. The maximum atomic E-state index is 14.7. The number of hydrogen-bond donors (Lipinski definition) is 2. The number of aromatic nitrogens is 2. The number of carbonyl (C=O) groups excluding carboxylic acids is 2. The summed E-state index contributed by atoms with van der Waals surface area (Å²) in [5.41, 5.74) is 2.34. The number of nitrogens with one attached hydrogen (secondary N) is 2. The van der Waals surface area contributed by atoms with Crippen LogP contribution in [0.5, 0.6) is 0 Å². The summed E-state index contributed by atoms with van der Waals surface area (Å²) in [6.45, 7) is 0. The molecule has 1 aliphatic carbocycles. The van der Waals surface area contributed by atoms with Crippen molar-refractivity contribution in [2.45, 2.75) is 31.7 Å². The van der Waals surface area contributed by atoms with Gasteiger partial charge >= 0.3 is 0 Å². The predicted octanol–water partition coefficient (Wildman–Crippen LogP) is 4.34. The molecule has 166 valence electrons. The average Bonchev–Trinajstić information content (AvgIpc) is 3.36. The molecule has 1 aromatic heterocycles. The van der Waals surface area contributed by atoms with Crippen molar-refractivity contribution in [3.05, 3.63) is 81.6 Å². The monoisotopic (exact) mass is 458 g/mol. The summed E-state index contributed by atoms with van der Waals surface area (Å²) in [4.78, 5) is 25.2. The largest absolute Gasteiger partial charge is 0.349 e. The van der Waals surface area contributed by atoms with Gasteiger partial charge in [-0.05, 0) is 54.8 Å². The van der Waals surface area contributed by atoms with Crippen molar-refractivity contribution < 1.29 is 18.4 Å². The third kappa shape index (κ3) is 4.65. The Morgan fingerprint density at radius 2 is 1.97 bits per heavy atom. The third-order valence-corrected chi connectivity index (χ3v) is 5.76. The number of hydrogen-bond acceptors (Lipinski definition) is 3. The number of anilines is 1. The molecule has 0 saturated carbocycles. The molecular formula is C23H21ClF2N4O2. The van der Waals surface area contributed by atoms with Gasteiger partial charge < -0.3 is 10.6 Å². The van der Waals surface area contributed by atoms with Crippen molar-refractivity contribution in [2.24, 2.45) is 7.05 Å². The SMILES string of the molecule is Cn1ccc(CCC(=O)N[C@H]2CCc3c(C(=O)Nc4ccc(F)c(Cl)c4)ccc(F)c32)n1. The van der Waals surface area contributed by atoms with E-state index in [2.05, 4.69) is 15.7 Å². The van der Waals surface area contributed by atoms with Gasteiger partial charge in [0.1, 0.15) is 11.6 Å². The maximum Gasteiger partial charge on any atom is 0.255 e. The lowest BCUT2D eigenvalue weighted by Crippen LogP contribution is -2.28. The number of benzene rings is 2. The molecule has 0 fully saturated rings. The molecule has 32 heavy (non-hydrogen) atoms. The smallest absolute Gasteiger partial charge is 0.255 e. The summed E-state index contributed by atoms with van der Waals surface area (Å²) in [7, 11) is 1.81. The van der Waals surface area contributed by atoms with Gasteiger partial charge in [-0.1, -0.05) is 11.6 Å². The molecule has 1 atom stereocenters. The second-order valence-corrected chi connectivity index (χ2v) is 8.12. The molecule has 0 spiro atoms. The van der Waals surface area contributed by atoms with E-state index >= 15 is 0 Å². The van der Waals surface area contributed by atoms with Crippen molar-refractivity contribution in [2.75, 3.05) is 5.32 Å². The molecule has 0 bridgehead atoms. The first kappa shape index (κ1) is 22.0. The Balaban J connectivity index is 1.47. The number of fused-ring (bicyclic) bond motifs is 1. The summed E-state index contributed by atoms with van der Waals surface area (Å²) < 4.78 is 29.7. The van der Waals surface area contributed by atoms with Gasteiger partial charge in [0.15, 0.2) is 0 Å². The first-order chi connectivity index (χ1) is 15.3. The van der Waals surface area contributed by atoms with E-state index in [1.807, 2.05) is 12.3 Å². The Labute approximate surface area is 188 Å². The van der Waals surface area contributed by atoms with Crippen LogP contribution < -0.4 is 10.6 Å². The molecule has 6 nitrogen and oxygen atoms in total. The van der Waals surface area contributed by atoms with Crippen LogP contribution in [-0.4, -0.2) is 21.6 Å². The minimum atomic E-state index is -0.589. The number of rotatable bonds is 6. The Bertz CT molecular complexity index is 1190. The quantitative estimate of drug-likeness (QED) is 0.577. The number of amides is 2. The zero-order valence-electron chi connectivity index (χ0n) is 17.3. The molecule has 1 aliphatic rings. The van der Waals surface area contributed by atoms with Crippen LogP contribution in [0.3, 0.4) is 0 Å². The summed E-state index contributed by atoms with van der Waals surface area (Å²) >= 11 is 5.77. The lowest BCUT2D eigenvalue weighted by Gasteiger charge is -2.16. The molecule has 9 heteroatoms. The molecule has 3 aromatic rings. The fraction of sp³-hybridized carbons (Fsp3) is 0.261. The van der Waals surface area contributed by atoms with Gasteiger partial charge in [0.2, 0.25) is 5.91 Å². The highest BCUT2D eigenvalue weighted by molar-refractivity contribution is 6.31. The predicted molar refractivity (Wildman–Crippen MR) is 116 cm³/mol. The fourth-order valence-electron chi connectivity index (χ4n) is 3.95. The van der Waals surface area contributed by atoms with E-state index in [-0.39, 0.29) is 17.4 Å². The van der Waals surface area contributed by atoms with Crippen LogP contribution in [0.25, 0.3) is 0 Å². The van der Waals surface area contributed by atoms with Crippen LogP contribution in [0.2, 0.25) is 5.02 Å². The zero-order chi connectivity index (χ0) is 22.8. The Morgan fingerprint density at radius 1 is 1.19 bits per heavy atom. The topological polar surface area (TPSA) is 76.0 Å². The molecule has 2 aromatic carbocycles. The van der Waals surface area contributed by atoms with E-state index in [0.29, 0.717) is 41.6 Å². The molecule has 0 aliphatic heterocycles. The molecule has 4 rings (SSSR count). The van der Waals surface area contributed by atoms with Gasteiger partial charge in [-0.25, -0.2) is 8.78 Å². The zero-order valence-corrected chi connectivity index (χ0v) is 18.0. The van der Waals surface area contributed by atoms with Crippen LogP contribution in [0, 0.1) is 11.6 Å². The van der Waals surface area contributed by atoms with Crippen LogP contribution in [-0.2, 0) is 24.7 Å². The summed E-state index contributed by atoms with van der Waals surface area (Å²) in [5.74, 6) is -1.71. The van der Waals surface area contributed by atoms with E-state index in [9.17, 15) is 18.4 Å². The van der Waals surface area contributed by atoms with E-state index in [4.69, 9.17) is 11.6 Å². The van der Waals surface area contributed by atoms with E-state index in [0.717, 1.165) is 11.8 Å². The summed E-state index contributed by atoms with van der Waals surface area (Å²) in [5, 5.41) is 9.67. The molecule has 2 amide bonds. The van der Waals surface area contributed by atoms with Crippen LogP contribution >= 0.6 is 11.6 Å². The van der Waals surface area contributed by atoms with Crippen molar-refractivity contribution in [3.8, 4) is 0 Å². The van der Waals surface area contributed by atoms with Gasteiger partial charge in [0.25, 0.3) is 5.91 Å². The molecule has 1 heterocycles. The molecular weight excluding hydrogens is 438 g/mol. The first-order valence-corrected chi connectivity index (χ1v) is 10.5. The van der Waals surface area contributed by atoms with Crippen LogP contribution in [0.15, 0.2) is 42.6 Å². The fourth-order valence-corrected chi connectivity index (χ4v) is 4.13. The highest BCUT2D eigenvalue weighted by Crippen LogP contribution is 2.36. The van der Waals surface area contributed by atoms with Gasteiger partial charge in [0.05, 0.1) is 16.8 Å². The van der Waals surface area contributed by atoms with Gasteiger partial charge in [0, 0.05) is 42.9 Å². The minimum absolute atomic E-state index is 0.111. The van der Waals surface area contributed by atoms with Crippen LogP contribution in [0.4, 0.5) is 14.5 Å². The van der Waals surface area contributed by atoms with Crippen molar-refractivity contribution >= 4 is 29.1 Å². The number of nitrogens with zero attached hydrogens (tertiary/aromatic N) is 2. The average molecular weight is 459 g/mol. The number of aryl methyl sites for hydroxylation is 2. The van der Waals surface area contributed by atoms with E-state index in [1.165, 1.54) is 24.3 Å². The molecule has 0 unspecified atom stereocenters. The Morgan fingerprint density at radius 3 is 2.69 bits per heavy atom. The number of halogens is 3. The third-order valence-electron chi connectivity index (χ3n) is 5.47. The Hall–Kier alpha value is -3.26. The molecule has 0 saturated heterocycles. The lowest BCUT2D eigenvalue weighted by molar-refractivity contribution is -0.121. The van der Waals surface area contributed by atoms with Crippen molar-refractivity contribution in [3.63, 3.8) is 0 Å². The first-order valence-electron chi connectivity index (χ1n) is 10.2. The van der Waals surface area contributed by atoms with E-state index < -0.39 is 23.6 Å². The van der Waals surface area contributed by atoms with Crippen molar-refractivity contribution in [1.82, 2.24) is 15.1 Å². The molecule has 2 N–H and O–H groups in total. The standard InChI is InChI=1S/C23H21ClF2N4O2/c1-30-11-10-13(29-30)3-9-21(31)28-20-8-5-15-16(4-7-19(26)22(15)20)23(32)27-14-2-6-18(25)17(24)12-14/h2,4,6-7,10-12,20H,3,5,8-9H2,1H3,(H,27,32)(H,28,31)/t20-/m0/s1. The second kappa shape index (κ2) is 9.08. The van der Waals surface area contributed by atoms with Gasteiger partial charge in [-0.3, -0.25) is 14.3 Å². The normalized spacial score (nSPS) is 14.8. The minimum Gasteiger partial charge on any atom is -0.349 e. The van der Waals surface area contributed by atoms with Gasteiger partial charge in [-0.2, -0.15) is 5.10 Å². The Kier molecular flexibility index (Phi) is 6.23. The highest BCUT2D eigenvalue weighted by Gasteiger charge is 2.31. The second-order valence-electron chi connectivity index (χ2n) is 7.71. The maximum absolute atomic E-state index is 14.7. The van der Waals surface area contributed by atoms with Crippen LogP contribution in [0.1, 0.15) is 46.1 Å². The summed E-state index contributed by atoms with van der Waals surface area (Å²) in [6, 6.07) is 7.84. The summed E-state index contributed by atoms with van der Waals surface area (Å²) in [6.07, 6.45) is 3.47. The van der Waals surface area contributed by atoms with Crippen molar-refractivity contribution in [1.29, 1.82) is 0 Å². The van der Waals surface area contributed by atoms with E-state index in [1.54, 1.807) is 11.7 Å². The highest BCUT2D eigenvalue weighted by atomic mass is 35.5. The van der Waals surface area contributed by atoms with Gasteiger partial charge in [-0.15, -0.1) is 0 Å². The molecule has 0 radical (unpaired) electrons. The lowest BCUT2D eigenvalue weighted by atomic mass is 10.0.